The van der Waals surface area contributed by atoms with Crippen molar-refractivity contribution < 1.29 is 9.15 Å². The van der Waals surface area contributed by atoms with Crippen LogP contribution in [0.2, 0.25) is 0 Å². The lowest BCUT2D eigenvalue weighted by Crippen LogP contribution is -1.95. The topological polar surface area (TPSA) is 39.4 Å². The van der Waals surface area contributed by atoms with E-state index in [-0.39, 0.29) is 5.63 Å². The summed E-state index contributed by atoms with van der Waals surface area (Å²) in [5.41, 5.74) is 1.38. The van der Waals surface area contributed by atoms with Crippen molar-refractivity contribution in [2.45, 2.75) is 6.42 Å². The lowest BCUT2D eigenvalue weighted by molar-refractivity contribution is 0.357. The molecule has 3 rings (SSSR count). The van der Waals surface area contributed by atoms with Crippen LogP contribution in [0.1, 0.15) is 5.56 Å². The molecule has 0 radical (unpaired) electrons. The Kier molecular flexibility index (Phi) is 1.42. The number of hydrogen-bond acceptors (Lipinski definition) is 3. The molecule has 0 spiro atoms. The fourth-order valence-electron chi connectivity index (χ4n) is 1.81. The first-order valence-electron chi connectivity index (χ1n) is 4.53. The zero-order valence-electron chi connectivity index (χ0n) is 7.45. The maximum Gasteiger partial charge on any atom is 0.336 e. The molecule has 0 amide bonds. The van der Waals surface area contributed by atoms with E-state index in [1.54, 1.807) is 6.07 Å². The summed E-state index contributed by atoms with van der Waals surface area (Å²) in [6, 6.07) is 7.04. The van der Waals surface area contributed by atoms with E-state index in [0.717, 1.165) is 23.1 Å². The van der Waals surface area contributed by atoms with E-state index in [4.69, 9.17) is 9.15 Å². The molecular weight excluding hydrogens is 180 g/mol. The van der Waals surface area contributed by atoms with Gasteiger partial charge in [0.2, 0.25) is 0 Å². The minimum absolute atomic E-state index is 0.308. The third kappa shape index (κ3) is 0.954. The molecule has 1 aromatic heterocycles. The lowest BCUT2D eigenvalue weighted by atomic mass is 10.1. The highest BCUT2D eigenvalue weighted by Crippen LogP contribution is 2.31. The molecule has 0 saturated heterocycles. The molecule has 1 aromatic carbocycles. The first kappa shape index (κ1) is 7.62. The van der Waals surface area contributed by atoms with Crippen LogP contribution in [-0.2, 0) is 6.42 Å². The van der Waals surface area contributed by atoms with Crippen molar-refractivity contribution in [1.82, 2.24) is 0 Å². The predicted octanol–water partition coefficient (Wildman–Crippen LogP) is 1.73. The summed E-state index contributed by atoms with van der Waals surface area (Å²) in [5.74, 6) is 0.840. The summed E-state index contributed by atoms with van der Waals surface area (Å²) >= 11 is 0. The fourth-order valence-corrected chi connectivity index (χ4v) is 1.81. The molecule has 0 unspecified atom stereocenters. The van der Waals surface area contributed by atoms with Gasteiger partial charge in [-0.2, -0.15) is 0 Å². The number of benzene rings is 1. The highest BCUT2D eigenvalue weighted by Gasteiger charge is 2.16. The van der Waals surface area contributed by atoms with Crippen LogP contribution in [0.4, 0.5) is 0 Å². The van der Waals surface area contributed by atoms with Crippen LogP contribution in [-0.4, -0.2) is 6.61 Å². The van der Waals surface area contributed by atoms with Crippen molar-refractivity contribution in [3.63, 3.8) is 0 Å². The Morgan fingerprint density at radius 3 is 2.93 bits per heavy atom. The summed E-state index contributed by atoms with van der Waals surface area (Å²) < 4.78 is 10.6. The third-order valence-corrected chi connectivity index (χ3v) is 2.46. The SMILES string of the molecule is O=c1ccc2ccc3c(c2o1)CCO3. The van der Waals surface area contributed by atoms with E-state index in [2.05, 4.69) is 0 Å². The molecule has 0 fully saturated rings. The normalized spacial score (nSPS) is 14.0. The zero-order chi connectivity index (χ0) is 9.54. The number of ether oxygens (including phenoxy) is 1. The Morgan fingerprint density at radius 1 is 1.14 bits per heavy atom. The Morgan fingerprint density at radius 2 is 2.00 bits per heavy atom. The van der Waals surface area contributed by atoms with Crippen molar-refractivity contribution in [3.8, 4) is 5.75 Å². The molecule has 2 aromatic rings. The van der Waals surface area contributed by atoms with Crippen molar-refractivity contribution in [2.24, 2.45) is 0 Å². The molecule has 3 heteroatoms. The van der Waals surface area contributed by atoms with Crippen molar-refractivity contribution in [1.29, 1.82) is 0 Å². The van der Waals surface area contributed by atoms with Gasteiger partial charge >= 0.3 is 5.63 Å². The van der Waals surface area contributed by atoms with Gasteiger partial charge in [0, 0.05) is 23.4 Å². The zero-order valence-corrected chi connectivity index (χ0v) is 7.45. The average molecular weight is 188 g/mol. The van der Waals surface area contributed by atoms with Gasteiger partial charge in [0.05, 0.1) is 6.61 Å². The molecule has 0 bridgehead atoms. The molecule has 14 heavy (non-hydrogen) atoms. The van der Waals surface area contributed by atoms with Gasteiger partial charge in [-0.25, -0.2) is 4.79 Å². The molecule has 1 aliphatic heterocycles. The Hall–Kier alpha value is -1.77. The van der Waals surface area contributed by atoms with Crippen LogP contribution in [0, 0.1) is 0 Å². The largest absolute Gasteiger partial charge is 0.493 e. The van der Waals surface area contributed by atoms with Gasteiger partial charge in [-0.1, -0.05) is 0 Å². The highest BCUT2D eigenvalue weighted by molar-refractivity contribution is 5.82. The highest BCUT2D eigenvalue weighted by atomic mass is 16.5. The summed E-state index contributed by atoms with van der Waals surface area (Å²) in [7, 11) is 0. The smallest absolute Gasteiger partial charge is 0.336 e. The third-order valence-electron chi connectivity index (χ3n) is 2.46. The molecule has 3 nitrogen and oxygen atoms in total. The Bertz CT molecular complexity index is 554. The van der Waals surface area contributed by atoms with Crippen LogP contribution in [0.5, 0.6) is 5.75 Å². The van der Waals surface area contributed by atoms with Gasteiger partial charge < -0.3 is 9.15 Å². The van der Waals surface area contributed by atoms with Crippen molar-refractivity contribution >= 4 is 11.0 Å². The van der Waals surface area contributed by atoms with E-state index in [1.165, 1.54) is 6.07 Å². The van der Waals surface area contributed by atoms with E-state index < -0.39 is 0 Å². The van der Waals surface area contributed by atoms with Gasteiger partial charge in [-0.3, -0.25) is 0 Å². The average Bonchev–Trinajstić information content (AvgIpc) is 2.65. The fraction of sp³-hybridized carbons (Fsp3) is 0.182. The van der Waals surface area contributed by atoms with E-state index >= 15 is 0 Å². The van der Waals surface area contributed by atoms with Crippen molar-refractivity contribution in [2.75, 3.05) is 6.61 Å². The van der Waals surface area contributed by atoms with Crippen LogP contribution in [0.15, 0.2) is 33.5 Å². The summed E-state index contributed by atoms with van der Waals surface area (Å²) in [6.45, 7) is 0.674. The first-order chi connectivity index (χ1) is 6.84. The Balaban J connectivity index is 2.47. The second kappa shape index (κ2) is 2.61. The number of fused-ring (bicyclic) bond motifs is 3. The number of hydrogen-bond donors (Lipinski definition) is 0. The minimum Gasteiger partial charge on any atom is -0.493 e. The van der Waals surface area contributed by atoms with Crippen LogP contribution in [0.3, 0.4) is 0 Å². The van der Waals surface area contributed by atoms with Gasteiger partial charge in [0.1, 0.15) is 11.3 Å². The molecule has 0 saturated carbocycles. The summed E-state index contributed by atoms with van der Waals surface area (Å²) in [5, 5.41) is 0.953. The monoisotopic (exact) mass is 188 g/mol. The van der Waals surface area contributed by atoms with Crippen LogP contribution in [0.25, 0.3) is 11.0 Å². The van der Waals surface area contributed by atoms with Gasteiger partial charge in [0.15, 0.2) is 0 Å². The molecule has 0 aliphatic carbocycles. The molecule has 1 aliphatic rings. The minimum atomic E-state index is -0.308. The second-order valence-corrected chi connectivity index (χ2v) is 3.31. The summed E-state index contributed by atoms with van der Waals surface area (Å²) in [4.78, 5) is 11.1. The van der Waals surface area contributed by atoms with E-state index in [1.807, 2.05) is 12.1 Å². The number of rotatable bonds is 0. The molecule has 70 valence electrons. The standard InChI is InChI=1S/C11H8O3/c12-10-4-2-7-1-3-9-8(5-6-13-9)11(7)14-10/h1-4H,5-6H2. The van der Waals surface area contributed by atoms with Crippen LogP contribution >= 0.6 is 0 Å². The maximum atomic E-state index is 11.1. The van der Waals surface area contributed by atoms with Gasteiger partial charge in [-0.15, -0.1) is 0 Å². The van der Waals surface area contributed by atoms with Crippen molar-refractivity contribution in [3.05, 3.63) is 40.2 Å². The van der Waals surface area contributed by atoms with E-state index in [0.29, 0.717) is 12.2 Å². The van der Waals surface area contributed by atoms with Gasteiger partial charge in [-0.05, 0) is 18.2 Å². The second-order valence-electron chi connectivity index (χ2n) is 3.31. The maximum absolute atomic E-state index is 11.1. The van der Waals surface area contributed by atoms with Gasteiger partial charge in [0.25, 0.3) is 0 Å². The molecule has 0 atom stereocenters. The van der Waals surface area contributed by atoms with E-state index in [9.17, 15) is 4.79 Å². The quantitative estimate of drug-likeness (QED) is 0.591. The predicted molar refractivity (Wildman–Crippen MR) is 51.7 cm³/mol. The molecule has 2 heterocycles. The first-order valence-corrected chi connectivity index (χ1v) is 4.53. The Labute approximate surface area is 79.9 Å². The van der Waals surface area contributed by atoms with Crippen LogP contribution < -0.4 is 10.4 Å². The summed E-state index contributed by atoms with van der Waals surface area (Å²) in [6.07, 6.45) is 0.819. The lowest BCUT2D eigenvalue weighted by Gasteiger charge is -2.01. The molecule has 0 N–H and O–H groups in total. The molecular formula is C11H8O3.